The van der Waals surface area contributed by atoms with Crippen molar-refractivity contribution in [3.05, 3.63) is 35.5 Å². The summed E-state index contributed by atoms with van der Waals surface area (Å²) < 4.78 is 16.0. The van der Waals surface area contributed by atoms with E-state index in [1.165, 1.54) is 0 Å². The standard InChI is InChI=1S/C17H19N3O4/c1-2-15-18-16(24-19-15)12-4-3-7-20(9-12)17(21)11-5-6-13-14(8-11)23-10-22-13/h5-6,8,12H,2-4,7,9-10H2,1H3/t12-/m0/s1. The van der Waals surface area contributed by atoms with Gasteiger partial charge in [0.1, 0.15) is 0 Å². The average molecular weight is 329 g/mol. The molecule has 3 heterocycles. The summed E-state index contributed by atoms with van der Waals surface area (Å²) in [7, 11) is 0. The summed E-state index contributed by atoms with van der Waals surface area (Å²) in [5.74, 6) is 2.75. The Bertz CT molecular complexity index is 758. The summed E-state index contributed by atoms with van der Waals surface area (Å²) in [6.45, 7) is 3.53. The number of fused-ring (bicyclic) bond motifs is 1. The van der Waals surface area contributed by atoms with Gasteiger partial charge in [-0.2, -0.15) is 4.98 Å². The minimum absolute atomic E-state index is 0.00627. The molecule has 2 aromatic rings. The van der Waals surface area contributed by atoms with Gasteiger partial charge in [-0.05, 0) is 31.0 Å². The summed E-state index contributed by atoms with van der Waals surface area (Å²) in [6.07, 6.45) is 2.62. The van der Waals surface area contributed by atoms with Crippen LogP contribution in [0.25, 0.3) is 0 Å². The maximum absolute atomic E-state index is 12.8. The van der Waals surface area contributed by atoms with Crippen LogP contribution in [0.5, 0.6) is 11.5 Å². The molecular formula is C17H19N3O4. The second-order valence-electron chi connectivity index (χ2n) is 6.06. The topological polar surface area (TPSA) is 77.7 Å². The molecule has 2 aliphatic heterocycles. The van der Waals surface area contributed by atoms with E-state index in [1.807, 2.05) is 11.8 Å². The normalized spacial score (nSPS) is 19.5. The monoisotopic (exact) mass is 329 g/mol. The molecule has 0 unspecified atom stereocenters. The Kier molecular flexibility index (Phi) is 3.84. The first kappa shape index (κ1) is 15.0. The molecule has 4 rings (SSSR count). The van der Waals surface area contributed by atoms with E-state index in [-0.39, 0.29) is 18.6 Å². The van der Waals surface area contributed by atoms with E-state index in [4.69, 9.17) is 14.0 Å². The van der Waals surface area contributed by atoms with Crippen LogP contribution in [-0.4, -0.2) is 40.8 Å². The van der Waals surface area contributed by atoms with Gasteiger partial charge in [0, 0.05) is 25.1 Å². The molecule has 0 aliphatic carbocycles. The summed E-state index contributed by atoms with van der Waals surface area (Å²) in [5, 5.41) is 3.96. The lowest BCUT2D eigenvalue weighted by atomic mass is 9.97. The van der Waals surface area contributed by atoms with Gasteiger partial charge in [-0.1, -0.05) is 12.1 Å². The molecule has 1 fully saturated rings. The first-order chi connectivity index (χ1) is 11.7. The zero-order valence-corrected chi connectivity index (χ0v) is 13.5. The smallest absolute Gasteiger partial charge is 0.254 e. The van der Waals surface area contributed by atoms with E-state index in [0.717, 1.165) is 25.8 Å². The van der Waals surface area contributed by atoms with E-state index in [2.05, 4.69) is 10.1 Å². The first-order valence-electron chi connectivity index (χ1n) is 8.26. The van der Waals surface area contributed by atoms with E-state index < -0.39 is 0 Å². The van der Waals surface area contributed by atoms with E-state index in [1.54, 1.807) is 18.2 Å². The molecule has 2 aliphatic rings. The number of likely N-dealkylation sites (tertiary alicyclic amines) is 1. The number of amides is 1. The molecule has 0 spiro atoms. The van der Waals surface area contributed by atoms with E-state index >= 15 is 0 Å². The van der Waals surface area contributed by atoms with Crippen molar-refractivity contribution in [2.75, 3.05) is 19.9 Å². The van der Waals surface area contributed by atoms with Gasteiger partial charge in [-0.25, -0.2) is 0 Å². The summed E-state index contributed by atoms with van der Waals surface area (Å²) in [5.41, 5.74) is 0.611. The van der Waals surface area contributed by atoms with Crippen molar-refractivity contribution in [3.63, 3.8) is 0 Å². The van der Waals surface area contributed by atoms with Crippen molar-refractivity contribution in [1.29, 1.82) is 0 Å². The van der Waals surface area contributed by atoms with Gasteiger partial charge < -0.3 is 18.9 Å². The molecule has 24 heavy (non-hydrogen) atoms. The van der Waals surface area contributed by atoms with E-state index in [9.17, 15) is 4.79 Å². The van der Waals surface area contributed by atoms with Crippen LogP contribution in [0, 0.1) is 0 Å². The second-order valence-corrected chi connectivity index (χ2v) is 6.06. The van der Waals surface area contributed by atoms with Crippen LogP contribution in [0.15, 0.2) is 22.7 Å². The van der Waals surface area contributed by atoms with Crippen molar-refractivity contribution >= 4 is 5.91 Å². The van der Waals surface area contributed by atoms with Gasteiger partial charge in [0.25, 0.3) is 5.91 Å². The lowest BCUT2D eigenvalue weighted by molar-refractivity contribution is 0.0695. The third kappa shape index (κ3) is 2.70. The Balaban J connectivity index is 1.50. The molecule has 1 amide bonds. The van der Waals surface area contributed by atoms with Crippen LogP contribution in [0.3, 0.4) is 0 Å². The zero-order chi connectivity index (χ0) is 16.5. The van der Waals surface area contributed by atoms with Crippen molar-refractivity contribution in [3.8, 4) is 11.5 Å². The number of benzene rings is 1. The lowest BCUT2D eigenvalue weighted by Crippen LogP contribution is -2.39. The molecule has 1 saturated heterocycles. The van der Waals surface area contributed by atoms with Gasteiger partial charge >= 0.3 is 0 Å². The maximum atomic E-state index is 12.8. The molecular weight excluding hydrogens is 310 g/mol. The Morgan fingerprint density at radius 1 is 1.33 bits per heavy atom. The Morgan fingerprint density at radius 2 is 2.21 bits per heavy atom. The SMILES string of the molecule is CCc1noc([C@H]2CCCN(C(=O)c3ccc4c(c3)OCO4)C2)n1. The first-order valence-corrected chi connectivity index (χ1v) is 8.26. The predicted molar refractivity (Wildman–Crippen MR) is 84.1 cm³/mol. The van der Waals surface area contributed by atoms with Crippen molar-refractivity contribution in [2.24, 2.45) is 0 Å². The Hall–Kier alpha value is -2.57. The Labute approximate surface area is 139 Å². The second kappa shape index (κ2) is 6.14. The van der Waals surface area contributed by atoms with Crippen LogP contribution in [0.2, 0.25) is 0 Å². The number of rotatable bonds is 3. The Morgan fingerprint density at radius 3 is 3.04 bits per heavy atom. The van der Waals surface area contributed by atoms with Gasteiger partial charge in [-0.15, -0.1) is 0 Å². The predicted octanol–water partition coefficient (Wildman–Crippen LogP) is 2.38. The molecule has 1 aromatic carbocycles. The molecule has 0 saturated carbocycles. The highest BCUT2D eigenvalue weighted by Gasteiger charge is 2.29. The lowest BCUT2D eigenvalue weighted by Gasteiger charge is -2.31. The summed E-state index contributed by atoms with van der Waals surface area (Å²) >= 11 is 0. The van der Waals surface area contributed by atoms with Crippen molar-refractivity contribution < 1.29 is 18.8 Å². The fourth-order valence-corrected chi connectivity index (χ4v) is 3.15. The molecule has 0 radical (unpaired) electrons. The number of ether oxygens (including phenoxy) is 2. The van der Waals surface area contributed by atoms with Gasteiger partial charge in [-0.3, -0.25) is 4.79 Å². The van der Waals surface area contributed by atoms with Gasteiger partial charge in [0.2, 0.25) is 12.7 Å². The molecule has 1 atom stereocenters. The van der Waals surface area contributed by atoms with Crippen LogP contribution < -0.4 is 9.47 Å². The molecule has 1 aromatic heterocycles. The molecule has 0 N–H and O–H groups in total. The highest BCUT2D eigenvalue weighted by atomic mass is 16.7. The van der Waals surface area contributed by atoms with Crippen LogP contribution in [0.4, 0.5) is 0 Å². The third-order valence-electron chi connectivity index (χ3n) is 4.48. The van der Waals surface area contributed by atoms with Crippen LogP contribution >= 0.6 is 0 Å². The number of hydrogen-bond acceptors (Lipinski definition) is 6. The summed E-state index contributed by atoms with van der Waals surface area (Å²) in [4.78, 5) is 19.1. The summed E-state index contributed by atoms with van der Waals surface area (Å²) in [6, 6.07) is 5.31. The average Bonchev–Trinajstić information content (AvgIpc) is 3.29. The number of aryl methyl sites for hydroxylation is 1. The number of hydrogen-bond donors (Lipinski definition) is 0. The number of piperidine rings is 1. The fraction of sp³-hybridized carbons (Fsp3) is 0.471. The van der Waals surface area contributed by atoms with Gasteiger partial charge in [0.15, 0.2) is 17.3 Å². The molecule has 7 heteroatoms. The van der Waals surface area contributed by atoms with Crippen molar-refractivity contribution in [1.82, 2.24) is 15.0 Å². The third-order valence-corrected chi connectivity index (χ3v) is 4.48. The highest BCUT2D eigenvalue weighted by molar-refractivity contribution is 5.95. The van der Waals surface area contributed by atoms with Crippen LogP contribution in [0.1, 0.15) is 47.8 Å². The molecule has 7 nitrogen and oxygen atoms in total. The van der Waals surface area contributed by atoms with E-state index in [0.29, 0.717) is 35.3 Å². The largest absolute Gasteiger partial charge is 0.454 e. The minimum atomic E-state index is -0.00627. The van der Waals surface area contributed by atoms with Crippen LogP contribution in [-0.2, 0) is 6.42 Å². The highest BCUT2D eigenvalue weighted by Crippen LogP contribution is 2.33. The number of carbonyl (C=O) groups is 1. The number of aromatic nitrogens is 2. The maximum Gasteiger partial charge on any atom is 0.254 e. The molecule has 0 bridgehead atoms. The number of carbonyl (C=O) groups excluding carboxylic acids is 1. The quantitative estimate of drug-likeness (QED) is 0.860. The van der Waals surface area contributed by atoms with Gasteiger partial charge in [0.05, 0.1) is 5.92 Å². The molecule has 126 valence electrons. The minimum Gasteiger partial charge on any atom is -0.454 e. The number of nitrogens with zero attached hydrogens (tertiary/aromatic N) is 3. The van der Waals surface area contributed by atoms with Crippen molar-refractivity contribution in [2.45, 2.75) is 32.1 Å². The zero-order valence-electron chi connectivity index (χ0n) is 13.5. The fourth-order valence-electron chi connectivity index (χ4n) is 3.15.